The average molecular weight is 428 g/mol. The number of hydrogen-bond donors (Lipinski definition) is 1. The van der Waals surface area contributed by atoms with Crippen molar-refractivity contribution in [3.05, 3.63) is 87.9 Å². The highest BCUT2D eigenvalue weighted by atomic mass is 16.1. The fraction of sp³-hybridized carbons (Fsp3) is 0.269. The first-order valence-corrected chi connectivity index (χ1v) is 10.7. The van der Waals surface area contributed by atoms with Crippen molar-refractivity contribution in [1.82, 2.24) is 19.3 Å². The molecule has 0 unspecified atom stereocenters. The van der Waals surface area contributed by atoms with Crippen LogP contribution < -0.4 is 5.32 Å². The van der Waals surface area contributed by atoms with Crippen LogP contribution in [0.5, 0.6) is 0 Å². The maximum Gasteiger partial charge on any atom is 0.257 e. The van der Waals surface area contributed by atoms with Gasteiger partial charge in [-0.15, -0.1) is 0 Å². The lowest BCUT2D eigenvalue weighted by atomic mass is 9.99. The number of anilines is 1. The molecule has 0 atom stereocenters. The highest BCUT2D eigenvalue weighted by molar-refractivity contribution is 6.03. The first kappa shape index (κ1) is 21.6. The van der Waals surface area contributed by atoms with Crippen molar-refractivity contribution < 1.29 is 4.79 Å². The van der Waals surface area contributed by atoms with Gasteiger partial charge in [0.15, 0.2) is 0 Å². The van der Waals surface area contributed by atoms with Crippen LogP contribution in [-0.2, 0) is 13.6 Å². The van der Waals surface area contributed by atoms with E-state index in [4.69, 9.17) is 0 Å². The molecule has 4 aromatic rings. The van der Waals surface area contributed by atoms with E-state index in [2.05, 4.69) is 48.3 Å². The number of aryl methyl sites for hydroxylation is 5. The molecule has 0 bridgehead atoms. The highest BCUT2D eigenvalue weighted by Crippen LogP contribution is 2.28. The van der Waals surface area contributed by atoms with E-state index in [9.17, 15) is 4.79 Å². The number of hydrogen-bond acceptors (Lipinski definition) is 3. The summed E-state index contributed by atoms with van der Waals surface area (Å²) in [4.78, 5) is 17.4. The largest absolute Gasteiger partial charge is 0.313 e. The number of imidazole rings is 1. The number of carbonyl (C=O) groups is 1. The van der Waals surface area contributed by atoms with Crippen LogP contribution in [0, 0.1) is 34.6 Å². The SMILES string of the molecule is Cc1cc(C)n(Cc2cccc(C(=O)Nc3ncc(-c4cc(C)c(C)cc4C)n3C)c2)n1. The van der Waals surface area contributed by atoms with Crippen molar-refractivity contribution in [2.75, 3.05) is 5.32 Å². The van der Waals surface area contributed by atoms with E-state index in [1.807, 2.05) is 66.7 Å². The van der Waals surface area contributed by atoms with Crippen molar-refractivity contribution >= 4 is 11.9 Å². The van der Waals surface area contributed by atoms with Crippen LogP contribution in [0.3, 0.4) is 0 Å². The number of benzene rings is 2. The molecule has 0 aliphatic rings. The van der Waals surface area contributed by atoms with Gasteiger partial charge in [-0.1, -0.05) is 18.2 Å². The van der Waals surface area contributed by atoms with Gasteiger partial charge in [-0.05, 0) is 81.1 Å². The Balaban J connectivity index is 1.55. The lowest BCUT2D eigenvalue weighted by molar-refractivity contribution is 0.102. The Bertz CT molecular complexity index is 1310. The molecule has 0 radical (unpaired) electrons. The number of amides is 1. The van der Waals surface area contributed by atoms with Gasteiger partial charge in [0.25, 0.3) is 5.91 Å². The number of nitrogens with zero attached hydrogens (tertiary/aromatic N) is 4. The van der Waals surface area contributed by atoms with Gasteiger partial charge >= 0.3 is 0 Å². The molecule has 2 aromatic carbocycles. The summed E-state index contributed by atoms with van der Waals surface area (Å²) in [5.74, 6) is 0.337. The zero-order chi connectivity index (χ0) is 23.0. The zero-order valence-electron chi connectivity index (χ0n) is 19.5. The molecule has 0 saturated heterocycles. The minimum Gasteiger partial charge on any atom is -0.313 e. The van der Waals surface area contributed by atoms with Crippen molar-refractivity contribution in [2.45, 2.75) is 41.2 Å². The topological polar surface area (TPSA) is 64.7 Å². The highest BCUT2D eigenvalue weighted by Gasteiger charge is 2.15. The molecule has 0 saturated carbocycles. The van der Waals surface area contributed by atoms with Crippen molar-refractivity contribution in [3.63, 3.8) is 0 Å². The normalized spacial score (nSPS) is 11.1. The summed E-state index contributed by atoms with van der Waals surface area (Å²) in [5, 5.41) is 7.47. The van der Waals surface area contributed by atoms with E-state index in [1.54, 1.807) is 0 Å². The van der Waals surface area contributed by atoms with E-state index in [1.165, 1.54) is 16.7 Å². The summed E-state index contributed by atoms with van der Waals surface area (Å²) < 4.78 is 3.87. The summed E-state index contributed by atoms with van der Waals surface area (Å²) in [7, 11) is 1.92. The maximum absolute atomic E-state index is 13.0. The quantitative estimate of drug-likeness (QED) is 0.480. The number of carbonyl (C=O) groups excluding carboxylic acids is 1. The molecule has 2 aromatic heterocycles. The van der Waals surface area contributed by atoms with Gasteiger partial charge in [-0.25, -0.2) is 4.98 Å². The first-order valence-electron chi connectivity index (χ1n) is 10.7. The number of nitrogens with one attached hydrogen (secondary N) is 1. The van der Waals surface area contributed by atoms with Crippen LogP contribution >= 0.6 is 0 Å². The molecule has 32 heavy (non-hydrogen) atoms. The smallest absolute Gasteiger partial charge is 0.257 e. The molecule has 6 heteroatoms. The summed E-state index contributed by atoms with van der Waals surface area (Å²) in [6, 6.07) is 14.0. The second kappa shape index (κ2) is 8.46. The number of rotatable bonds is 5. The molecule has 0 spiro atoms. The fourth-order valence-corrected chi connectivity index (χ4v) is 4.00. The Kier molecular flexibility index (Phi) is 5.70. The Labute approximate surface area is 188 Å². The number of aromatic nitrogens is 4. The van der Waals surface area contributed by atoms with Gasteiger partial charge < -0.3 is 4.57 Å². The molecule has 2 heterocycles. The van der Waals surface area contributed by atoms with Crippen LogP contribution in [0.2, 0.25) is 0 Å². The Morgan fingerprint density at radius 1 is 0.969 bits per heavy atom. The van der Waals surface area contributed by atoms with Crippen LogP contribution in [0.15, 0.2) is 48.7 Å². The summed E-state index contributed by atoms with van der Waals surface area (Å²) in [6.07, 6.45) is 1.81. The van der Waals surface area contributed by atoms with Gasteiger partial charge in [0, 0.05) is 23.9 Å². The van der Waals surface area contributed by atoms with E-state index in [0.29, 0.717) is 18.1 Å². The molecular weight excluding hydrogens is 398 g/mol. The molecule has 0 aliphatic heterocycles. The molecule has 4 rings (SSSR count). The molecule has 164 valence electrons. The fourth-order valence-electron chi connectivity index (χ4n) is 4.00. The lowest BCUT2D eigenvalue weighted by Crippen LogP contribution is -2.16. The summed E-state index contributed by atoms with van der Waals surface area (Å²) in [6.45, 7) is 11.0. The minimum absolute atomic E-state index is 0.183. The second-order valence-corrected chi connectivity index (χ2v) is 8.52. The third kappa shape index (κ3) is 4.21. The Morgan fingerprint density at radius 2 is 1.72 bits per heavy atom. The zero-order valence-corrected chi connectivity index (χ0v) is 19.5. The monoisotopic (exact) mass is 427 g/mol. The third-order valence-electron chi connectivity index (χ3n) is 5.96. The summed E-state index contributed by atoms with van der Waals surface area (Å²) in [5.41, 5.74) is 9.48. The second-order valence-electron chi connectivity index (χ2n) is 8.52. The lowest BCUT2D eigenvalue weighted by Gasteiger charge is -2.12. The van der Waals surface area contributed by atoms with Crippen molar-refractivity contribution in [3.8, 4) is 11.3 Å². The van der Waals surface area contributed by atoms with Gasteiger partial charge in [-0.3, -0.25) is 14.8 Å². The average Bonchev–Trinajstić information content (AvgIpc) is 3.26. The standard InChI is InChI=1S/C26H29N5O/c1-16-10-18(3)23(11-17(16)2)24-14-27-26(30(24)6)28-25(32)22-9-7-8-21(13-22)15-31-20(5)12-19(4)29-31/h7-14H,15H2,1-6H3,(H,27,28,32). The molecule has 0 fully saturated rings. The van der Waals surface area contributed by atoms with Gasteiger partial charge in [0.1, 0.15) is 0 Å². The van der Waals surface area contributed by atoms with Crippen LogP contribution in [0.25, 0.3) is 11.3 Å². The van der Waals surface area contributed by atoms with Crippen LogP contribution in [-0.4, -0.2) is 25.2 Å². The Morgan fingerprint density at radius 3 is 2.44 bits per heavy atom. The first-order chi connectivity index (χ1) is 15.2. The molecule has 6 nitrogen and oxygen atoms in total. The van der Waals surface area contributed by atoms with E-state index < -0.39 is 0 Å². The summed E-state index contributed by atoms with van der Waals surface area (Å²) >= 11 is 0. The van der Waals surface area contributed by atoms with Crippen molar-refractivity contribution in [1.29, 1.82) is 0 Å². The van der Waals surface area contributed by atoms with Gasteiger partial charge in [-0.2, -0.15) is 5.10 Å². The molecule has 1 amide bonds. The maximum atomic E-state index is 13.0. The van der Waals surface area contributed by atoms with E-state index in [-0.39, 0.29) is 5.91 Å². The van der Waals surface area contributed by atoms with Crippen molar-refractivity contribution in [2.24, 2.45) is 7.05 Å². The van der Waals surface area contributed by atoms with Crippen LogP contribution in [0.1, 0.15) is 44.0 Å². The molecular formula is C26H29N5O. The van der Waals surface area contributed by atoms with E-state index >= 15 is 0 Å². The molecule has 0 aliphatic carbocycles. The van der Waals surface area contributed by atoms with E-state index in [0.717, 1.165) is 28.2 Å². The minimum atomic E-state index is -0.183. The van der Waals surface area contributed by atoms with Gasteiger partial charge in [0.05, 0.1) is 24.1 Å². The van der Waals surface area contributed by atoms with Crippen LogP contribution in [0.4, 0.5) is 5.95 Å². The predicted octanol–water partition coefficient (Wildman–Crippen LogP) is 5.13. The third-order valence-corrected chi connectivity index (χ3v) is 5.96. The Hall–Kier alpha value is -3.67. The molecule has 1 N–H and O–H groups in total. The van der Waals surface area contributed by atoms with Gasteiger partial charge in [0.2, 0.25) is 5.95 Å². The predicted molar refractivity (Wildman–Crippen MR) is 128 cm³/mol.